The molecule has 0 spiro atoms. The van der Waals surface area contributed by atoms with Gasteiger partial charge in [0.2, 0.25) is 5.88 Å². The van der Waals surface area contributed by atoms with Crippen molar-refractivity contribution in [2.24, 2.45) is 0 Å². The van der Waals surface area contributed by atoms with Crippen molar-refractivity contribution in [3.8, 4) is 5.88 Å². The molecule has 17 heavy (non-hydrogen) atoms. The number of rotatable bonds is 6. The van der Waals surface area contributed by atoms with Crippen molar-refractivity contribution in [1.29, 1.82) is 0 Å². The van der Waals surface area contributed by atoms with E-state index in [9.17, 15) is 4.21 Å². The lowest BCUT2D eigenvalue weighted by molar-refractivity contribution is 0.328. The highest BCUT2D eigenvalue weighted by Crippen LogP contribution is 2.24. The molecular formula is C10H18N4O2S. The molecule has 3 N–H and O–H groups in total. The van der Waals surface area contributed by atoms with E-state index in [2.05, 4.69) is 15.3 Å². The molecular weight excluding hydrogens is 240 g/mol. The summed E-state index contributed by atoms with van der Waals surface area (Å²) in [6, 6.07) is 0. The maximum absolute atomic E-state index is 11.2. The van der Waals surface area contributed by atoms with Crippen molar-refractivity contribution in [2.75, 3.05) is 30.5 Å². The topological polar surface area (TPSA) is 90.1 Å². The summed E-state index contributed by atoms with van der Waals surface area (Å²) in [5.41, 5.74) is 6.22. The van der Waals surface area contributed by atoms with Gasteiger partial charge in [-0.3, -0.25) is 4.21 Å². The minimum absolute atomic E-state index is 0.0277. The standard InChI is InChI=1S/C10H18N4O2S/c1-4-16-10-8(11)9(13-6-14-10)12-5-7(2)17(3)15/h6-7H,4-5,11H2,1-3H3,(H,12,13,14). The largest absolute Gasteiger partial charge is 0.476 e. The molecule has 0 saturated carbocycles. The molecule has 1 rings (SSSR count). The fourth-order valence-corrected chi connectivity index (χ4v) is 1.45. The third-order valence-corrected chi connectivity index (χ3v) is 3.55. The van der Waals surface area contributed by atoms with Crippen LogP contribution in [0.25, 0.3) is 0 Å². The first kappa shape index (κ1) is 13.7. The van der Waals surface area contributed by atoms with E-state index in [1.807, 2.05) is 13.8 Å². The van der Waals surface area contributed by atoms with Crippen molar-refractivity contribution < 1.29 is 8.95 Å². The molecule has 6 nitrogen and oxygen atoms in total. The molecule has 7 heteroatoms. The van der Waals surface area contributed by atoms with Gasteiger partial charge in [-0.2, -0.15) is 4.98 Å². The zero-order chi connectivity index (χ0) is 12.8. The number of nitrogen functional groups attached to an aromatic ring is 1. The predicted molar refractivity (Wildman–Crippen MR) is 69.6 cm³/mol. The number of hydrogen-bond acceptors (Lipinski definition) is 6. The van der Waals surface area contributed by atoms with Gasteiger partial charge in [0.05, 0.1) is 6.61 Å². The van der Waals surface area contributed by atoms with E-state index in [4.69, 9.17) is 10.5 Å². The molecule has 96 valence electrons. The van der Waals surface area contributed by atoms with E-state index in [1.54, 1.807) is 6.26 Å². The number of hydrogen-bond donors (Lipinski definition) is 2. The van der Waals surface area contributed by atoms with Crippen LogP contribution < -0.4 is 15.8 Å². The first-order valence-electron chi connectivity index (χ1n) is 5.35. The monoisotopic (exact) mass is 258 g/mol. The zero-order valence-corrected chi connectivity index (χ0v) is 11.1. The van der Waals surface area contributed by atoms with Gasteiger partial charge in [0.1, 0.15) is 12.0 Å². The van der Waals surface area contributed by atoms with Crippen LogP contribution in [0.2, 0.25) is 0 Å². The van der Waals surface area contributed by atoms with Crippen molar-refractivity contribution in [2.45, 2.75) is 19.1 Å². The molecule has 0 aromatic carbocycles. The van der Waals surface area contributed by atoms with Crippen molar-refractivity contribution in [3.63, 3.8) is 0 Å². The summed E-state index contributed by atoms with van der Waals surface area (Å²) in [4.78, 5) is 7.96. The Morgan fingerprint density at radius 3 is 2.88 bits per heavy atom. The quantitative estimate of drug-likeness (QED) is 0.778. The van der Waals surface area contributed by atoms with Gasteiger partial charge in [-0.05, 0) is 13.8 Å². The highest BCUT2D eigenvalue weighted by Gasteiger charge is 2.11. The normalized spacial score (nSPS) is 14.1. The summed E-state index contributed by atoms with van der Waals surface area (Å²) in [5.74, 6) is 0.885. The van der Waals surface area contributed by atoms with Crippen LogP contribution in [0.1, 0.15) is 13.8 Å². The van der Waals surface area contributed by atoms with Crippen LogP contribution in [-0.2, 0) is 10.8 Å². The maximum atomic E-state index is 11.2. The van der Waals surface area contributed by atoms with E-state index >= 15 is 0 Å². The highest BCUT2D eigenvalue weighted by molar-refractivity contribution is 7.84. The fraction of sp³-hybridized carbons (Fsp3) is 0.600. The third-order valence-electron chi connectivity index (χ3n) is 2.25. The highest BCUT2D eigenvalue weighted by atomic mass is 32.2. The molecule has 0 aliphatic rings. The maximum Gasteiger partial charge on any atom is 0.242 e. The minimum atomic E-state index is -0.877. The Kier molecular flexibility index (Phi) is 5.14. The number of anilines is 2. The number of nitrogens with one attached hydrogen (secondary N) is 1. The van der Waals surface area contributed by atoms with Crippen LogP contribution in [0.5, 0.6) is 5.88 Å². The van der Waals surface area contributed by atoms with Crippen LogP contribution in [-0.4, -0.2) is 38.8 Å². The second-order valence-electron chi connectivity index (χ2n) is 3.56. The van der Waals surface area contributed by atoms with Gasteiger partial charge in [-0.15, -0.1) is 0 Å². The van der Waals surface area contributed by atoms with Crippen molar-refractivity contribution >= 4 is 22.3 Å². The Labute approximate surface area is 103 Å². The minimum Gasteiger partial charge on any atom is -0.476 e. The Balaban J connectivity index is 2.71. The van der Waals surface area contributed by atoms with Gasteiger partial charge in [-0.1, -0.05) is 0 Å². The van der Waals surface area contributed by atoms with Crippen LogP contribution in [0.4, 0.5) is 11.5 Å². The van der Waals surface area contributed by atoms with E-state index in [-0.39, 0.29) is 5.25 Å². The number of aromatic nitrogens is 2. The van der Waals surface area contributed by atoms with Crippen LogP contribution in [0.3, 0.4) is 0 Å². The smallest absolute Gasteiger partial charge is 0.242 e. The lowest BCUT2D eigenvalue weighted by atomic mass is 10.4. The van der Waals surface area contributed by atoms with Crippen LogP contribution >= 0.6 is 0 Å². The SMILES string of the molecule is CCOc1ncnc(NCC(C)S(C)=O)c1N. The van der Waals surface area contributed by atoms with Crippen molar-refractivity contribution in [3.05, 3.63) is 6.33 Å². The first-order valence-corrected chi connectivity index (χ1v) is 6.97. The number of ether oxygens (including phenoxy) is 1. The Bertz CT molecular complexity index is 400. The second kappa shape index (κ2) is 6.39. The van der Waals surface area contributed by atoms with Gasteiger partial charge in [0.25, 0.3) is 0 Å². The zero-order valence-electron chi connectivity index (χ0n) is 10.3. The predicted octanol–water partition coefficient (Wildman–Crippen LogP) is 0.636. The molecule has 0 aliphatic carbocycles. The Morgan fingerprint density at radius 2 is 2.29 bits per heavy atom. The molecule has 0 bridgehead atoms. The van der Waals surface area contributed by atoms with Gasteiger partial charge in [0.15, 0.2) is 5.82 Å². The Morgan fingerprint density at radius 1 is 1.59 bits per heavy atom. The van der Waals surface area contributed by atoms with Gasteiger partial charge < -0.3 is 15.8 Å². The number of nitrogens with zero attached hydrogens (tertiary/aromatic N) is 2. The van der Waals surface area contributed by atoms with Gasteiger partial charge >= 0.3 is 0 Å². The summed E-state index contributed by atoms with van der Waals surface area (Å²) in [7, 11) is -0.877. The molecule has 1 heterocycles. The number of nitrogens with two attached hydrogens (primary N) is 1. The second-order valence-corrected chi connectivity index (χ2v) is 5.37. The van der Waals surface area contributed by atoms with Gasteiger partial charge in [-0.25, -0.2) is 4.98 Å². The summed E-state index contributed by atoms with van der Waals surface area (Å²) < 4.78 is 16.5. The molecule has 0 radical (unpaired) electrons. The van der Waals surface area contributed by atoms with E-state index < -0.39 is 10.8 Å². The van der Waals surface area contributed by atoms with E-state index in [0.29, 0.717) is 30.5 Å². The van der Waals surface area contributed by atoms with Crippen molar-refractivity contribution in [1.82, 2.24) is 9.97 Å². The third kappa shape index (κ3) is 3.85. The summed E-state index contributed by atoms with van der Waals surface area (Å²) in [5, 5.41) is 3.07. The molecule has 0 saturated heterocycles. The summed E-state index contributed by atoms with van der Waals surface area (Å²) in [6.07, 6.45) is 3.05. The average molecular weight is 258 g/mol. The summed E-state index contributed by atoms with van der Waals surface area (Å²) in [6.45, 7) is 4.78. The lowest BCUT2D eigenvalue weighted by Gasteiger charge is -2.13. The molecule has 2 atom stereocenters. The lowest BCUT2D eigenvalue weighted by Crippen LogP contribution is -2.21. The van der Waals surface area contributed by atoms with E-state index in [1.165, 1.54) is 6.33 Å². The molecule has 0 fully saturated rings. The van der Waals surface area contributed by atoms with Crippen LogP contribution in [0, 0.1) is 0 Å². The Hall–Kier alpha value is -1.37. The van der Waals surface area contributed by atoms with Crippen LogP contribution in [0.15, 0.2) is 6.33 Å². The molecule has 2 unspecified atom stereocenters. The first-order chi connectivity index (χ1) is 8.06. The molecule has 0 amide bonds. The molecule has 0 aliphatic heterocycles. The molecule has 1 aromatic rings. The fourth-order valence-electron chi connectivity index (χ4n) is 1.13. The van der Waals surface area contributed by atoms with Gasteiger partial charge in [0, 0.05) is 28.9 Å². The average Bonchev–Trinajstić information content (AvgIpc) is 2.30. The summed E-state index contributed by atoms with van der Waals surface area (Å²) >= 11 is 0. The van der Waals surface area contributed by atoms with E-state index in [0.717, 1.165) is 0 Å². The molecule has 1 aromatic heterocycles.